The number of benzene rings is 1. The molecule has 56 valence electrons. The highest BCUT2D eigenvalue weighted by molar-refractivity contribution is 14.1. The molecule has 0 aliphatic rings. The highest BCUT2D eigenvalue weighted by Gasteiger charge is 2.01. The van der Waals surface area contributed by atoms with Crippen molar-refractivity contribution in [3.8, 4) is 0 Å². The summed E-state index contributed by atoms with van der Waals surface area (Å²) in [5, 5.41) is 0. The fraction of sp³-hybridized carbons (Fsp3) is 0. The van der Waals surface area contributed by atoms with Gasteiger partial charge in [-0.25, -0.2) is 4.98 Å². The average Bonchev–Trinajstić information content (AvgIpc) is 2.27. The monoisotopic (exact) mass is 323 g/mol. The highest BCUT2D eigenvalue weighted by Crippen LogP contribution is 2.20. The highest BCUT2D eigenvalue weighted by atomic mass is 127. The molecule has 0 fully saturated rings. The third kappa shape index (κ3) is 1.41. The van der Waals surface area contributed by atoms with Crippen LogP contribution in [0, 0.1) is 3.57 Å². The molecule has 4 heteroatoms. The minimum atomic E-state index is 0.537. The number of hydrogen-bond donors (Lipinski definition) is 0. The minimum Gasteiger partial charge on any atom is -0.431 e. The summed E-state index contributed by atoms with van der Waals surface area (Å²) in [7, 11) is 0. The van der Waals surface area contributed by atoms with Crippen molar-refractivity contribution in [2.75, 3.05) is 0 Å². The van der Waals surface area contributed by atoms with Gasteiger partial charge in [0.1, 0.15) is 5.52 Å². The third-order valence-corrected chi connectivity index (χ3v) is 2.33. The average molecular weight is 324 g/mol. The molecule has 0 atom stereocenters. The molecule has 0 amide bonds. The Morgan fingerprint density at radius 2 is 2.27 bits per heavy atom. The zero-order chi connectivity index (χ0) is 7.84. The maximum atomic E-state index is 5.23. The lowest BCUT2D eigenvalue weighted by molar-refractivity contribution is 0.570. The van der Waals surface area contributed by atoms with E-state index in [0.29, 0.717) is 4.80 Å². The fourth-order valence-electron chi connectivity index (χ4n) is 0.872. The molecule has 0 aliphatic carbocycles. The molecule has 0 bridgehead atoms. The zero-order valence-electron chi connectivity index (χ0n) is 5.34. The van der Waals surface area contributed by atoms with Crippen LogP contribution in [0.25, 0.3) is 11.1 Å². The second kappa shape index (κ2) is 2.75. The van der Waals surface area contributed by atoms with Crippen molar-refractivity contribution in [3.05, 3.63) is 26.6 Å². The first kappa shape index (κ1) is 7.54. The molecule has 1 aromatic carbocycles. The molecule has 0 unspecified atom stereocenters. The smallest absolute Gasteiger partial charge is 0.265 e. The van der Waals surface area contributed by atoms with Crippen LogP contribution in [0.1, 0.15) is 0 Å². The summed E-state index contributed by atoms with van der Waals surface area (Å²) >= 11 is 5.41. The van der Waals surface area contributed by atoms with Crippen molar-refractivity contribution in [2.24, 2.45) is 0 Å². The van der Waals surface area contributed by atoms with Gasteiger partial charge in [-0.1, -0.05) is 0 Å². The van der Waals surface area contributed by atoms with Crippen LogP contribution in [0.5, 0.6) is 0 Å². The summed E-state index contributed by atoms with van der Waals surface area (Å²) in [6.45, 7) is 0. The number of oxazole rings is 1. The number of fused-ring (bicyclic) bond motifs is 1. The van der Waals surface area contributed by atoms with Crippen LogP contribution in [0.15, 0.2) is 27.4 Å². The van der Waals surface area contributed by atoms with Crippen LogP contribution >= 0.6 is 38.5 Å². The molecule has 0 radical (unpaired) electrons. The van der Waals surface area contributed by atoms with E-state index in [2.05, 4.69) is 43.5 Å². The quantitative estimate of drug-likeness (QED) is 0.696. The molecule has 0 N–H and O–H groups in total. The van der Waals surface area contributed by atoms with Crippen molar-refractivity contribution in [1.82, 2.24) is 4.98 Å². The molecule has 1 heterocycles. The molecule has 2 nitrogen and oxygen atoms in total. The summed E-state index contributed by atoms with van der Waals surface area (Å²) in [5.74, 6) is 0. The third-order valence-electron chi connectivity index (χ3n) is 1.32. The summed E-state index contributed by atoms with van der Waals surface area (Å²) in [4.78, 5) is 4.66. The van der Waals surface area contributed by atoms with E-state index in [0.717, 1.165) is 14.7 Å². The molecule has 2 aromatic rings. The van der Waals surface area contributed by atoms with Crippen molar-refractivity contribution in [2.45, 2.75) is 0 Å². The maximum Gasteiger partial charge on any atom is 0.265 e. The Kier molecular flexibility index (Phi) is 1.88. The summed E-state index contributed by atoms with van der Waals surface area (Å²) in [6, 6.07) is 5.87. The van der Waals surface area contributed by atoms with Gasteiger partial charge in [-0.05, 0) is 40.8 Å². The summed E-state index contributed by atoms with van der Waals surface area (Å²) in [5.41, 5.74) is 1.71. The van der Waals surface area contributed by atoms with Gasteiger partial charge in [-0.2, -0.15) is 0 Å². The lowest BCUT2D eigenvalue weighted by Crippen LogP contribution is -1.69. The van der Waals surface area contributed by atoms with Gasteiger partial charge in [-0.15, -0.1) is 0 Å². The molecule has 0 saturated carbocycles. The van der Waals surface area contributed by atoms with E-state index in [9.17, 15) is 0 Å². The lowest BCUT2D eigenvalue weighted by atomic mass is 10.3. The van der Waals surface area contributed by atoms with E-state index < -0.39 is 0 Å². The van der Waals surface area contributed by atoms with E-state index in [1.807, 2.05) is 18.2 Å². The maximum absolute atomic E-state index is 5.23. The van der Waals surface area contributed by atoms with E-state index in [1.165, 1.54) is 0 Å². The summed E-state index contributed by atoms with van der Waals surface area (Å²) in [6.07, 6.45) is 0. The van der Waals surface area contributed by atoms with Gasteiger partial charge in [0.15, 0.2) is 5.58 Å². The molecular weight excluding hydrogens is 321 g/mol. The first-order chi connectivity index (χ1) is 5.25. The SMILES string of the molecule is Brc1nc2cc(I)ccc2o1. The van der Waals surface area contributed by atoms with Gasteiger partial charge < -0.3 is 4.42 Å². The van der Waals surface area contributed by atoms with Gasteiger partial charge in [-0.3, -0.25) is 0 Å². The normalized spacial score (nSPS) is 10.7. The Labute approximate surface area is 85.3 Å². The first-order valence-electron chi connectivity index (χ1n) is 2.97. The molecule has 0 aliphatic heterocycles. The fourth-order valence-corrected chi connectivity index (χ4v) is 1.71. The predicted molar refractivity (Wildman–Crippen MR) is 54.4 cm³/mol. The van der Waals surface area contributed by atoms with E-state index in [-0.39, 0.29) is 0 Å². The number of hydrogen-bond acceptors (Lipinski definition) is 2. The van der Waals surface area contributed by atoms with Crippen molar-refractivity contribution < 1.29 is 4.42 Å². The second-order valence-corrected chi connectivity index (χ2v) is 4.00. The van der Waals surface area contributed by atoms with Gasteiger partial charge in [0.05, 0.1) is 0 Å². The minimum absolute atomic E-state index is 0.537. The number of nitrogens with zero attached hydrogens (tertiary/aromatic N) is 1. The van der Waals surface area contributed by atoms with Crippen LogP contribution in [0.2, 0.25) is 0 Å². The van der Waals surface area contributed by atoms with Crippen LogP contribution < -0.4 is 0 Å². The van der Waals surface area contributed by atoms with Crippen LogP contribution in [-0.2, 0) is 0 Å². The molecule has 1 aromatic heterocycles. The molecule has 11 heavy (non-hydrogen) atoms. The van der Waals surface area contributed by atoms with Crippen LogP contribution in [0.3, 0.4) is 0 Å². The number of rotatable bonds is 0. The van der Waals surface area contributed by atoms with Gasteiger partial charge in [0, 0.05) is 19.5 Å². The van der Waals surface area contributed by atoms with E-state index in [1.54, 1.807) is 0 Å². The largest absolute Gasteiger partial charge is 0.431 e. The number of aromatic nitrogens is 1. The van der Waals surface area contributed by atoms with Crippen LogP contribution in [0.4, 0.5) is 0 Å². The predicted octanol–water partition coefficient (Wildman–Crippen LogP) is 3.19. The second-order valence-electron chi connectivity index (χ2n) is 2.08. The Balaban J connectivity index is 2.82. The number of halogens is 2. The van der Waals surface area contributed by atoms with Crippen molar-refractivity contribution in [3.63, 3.8) is 0 Å². The molecule has 0 saturated heterocycles. The van der Waals surface area contributed by atoms with E-state index >= 15 is 0 Å². The standard InChI is InChI=1S/C7H3BrINO/c8-7-10-5-3-4(9)1-2-6(5)11-7/h1-3H. The topological polar surface area (TPSA) is 26.0 Å². The zero-order valence-corrected chi connectivity index (χ0v) is 9.09. The van der Waals surface area contributed by atoms with Gasteiger partial charge >= 0.3 is 0 Å². The Bertz CT molecular complexity index is 398. The molecule has 2 rings (SSSR count). The molecule has 0 spiro atoms. The Morgan fingerprint density at radius 3 is 3.09 bits per heavy atom. The van der Waals surface area contributed by atoms with E-state index in [4.69, 9.17) is 4.42 Å². The van der Waals surface area contributed by atoms with Crippen molar-refractivity contribution >= 4 is 49.6 Å². The summed E-state index contributed by atoms with van der Waals surface area (Å²) < 4.78 is 6.39. The Hall–Kier alpha value is -0.100. The first-order valence-corrected chi connectivity index (χ1v) is 4.84. The van der Waals surface area contributed by atoms with Crippen molar-refractivity contribution in [1.29, 1.82) is 0 Å². The lowest BCUT2D eigenvalue weighted by Gasteiger charge is -1.85. The van der Waals surface area contributed by atoms with Gasteiger partial charge in [0.2, 0.25) is 0 Å². The van der Waals surface area contributed by atoms with Gasteiger partial charge in [0.25, 0.3) is 4.80 Å². The Morgan fingerprint density at radius 1 is 1.45 bits per heavy atom. The molecular formula is C7H3BrINO. The van der Waals surface area contributed by atoms with Crippen LogP contribution in [-0.4, -0.2) is 4.98 Å².